The molecule has 0 radical (unpaired) electrons. The lowest BCUT2D eigenvalue weighted by Crippen LogP contribution is -2.48. The van der Waals surface area contributed by atoms with Crippen molar-refractivity contribution in [2.75, 3.05) is 21.1 Å². The van der Waals surface area contributed by atoms with Crippen molar-refractivity contribution in [1.82, 2.24) is 30.7 Å². The maximum Gasteiger partial charge on any atom is 0.311 e. The highest BCUT2D eigenvalue weighted by atomic mass is 16.5. The van der Waals surface area contributed by atoms with Crippen LogP contribution in [-0.2, 0) is 19.1 Å². The molecule has 14 aliphatic rings. The van der Waals surface area contributed by atoms with Crippen molar-refractivity contribution in [1.29, 1.82) is 0 Å². The Morgan fingerprint density at radius 3 is 0.801 bits per heavy atom. The van der Waals surface area contributed by atoms with Gasteiger partial charge in [0, 0.05) is 78.3 Å². The normalized spacial score (nSPS) is 36.2. The van der Waals surface area contributed by atoms with Crippen molar-refractivity contribution >= 4 is 11.9 Å². The molecule has 0 amide bonds. The van der Waals surface area contributed by atoms with Gasteiger partial charge in [-0.3, -0.25) is 24.3 Å². The quantitative estimate of drug-likeness (QED) is 0.106. The van der Waals surface area contributed by atoms with E-state index in [9.17, 15) is 9.59 Å². The average Bonchev–Trinajstić information content (AvgIpc) is 1.60. The molecule has 10 heteroatoms. The summed E-state index contributed by atoms with van der Waals surface area (Å²) < 4.78 is 12.0. The molecule has 8 saturated carbocycles. The molecule has 141 heavy (non-hydrogen) atoms. The molecule has 0 spiro atoms. The number of carbonyl (C=O) groups excluding carboxylic acids is 2. The summed E-state index contributed by atoms with van der Waals surface area (Å²) >= 11 is 0. The number of ether oxygens (including phenoxy) is 2. The minimum atomic E-state index is -0.170. The maximum atomic E-state index is 12.9. The molecule has 14 fully saturated rings. The summed E-state index contributed by atoms with van der Waals surface area (Å²) in [6, 6.07) is 35.9. The van der Waals surface area contributed by atoms with Crippen LogP contribution in [0.2, 0.25) is 0 Å². The van der Waals surface area contributed by atoms with E-state index < -0.39 is 0 Å². The topological polar surface area (TPSA) is 98.4 Å². The molecule has 8 aliphatic carbocycles. The number of likely N-dealkylation sites (N-methyl/N-ethyl adjacent to an activating group) is 1. The molecule has 0 bridgehead atoms. The number of nitrogens with one attached hydrogen (secondary N) is 3. The molecular formula is C131H216N6O4. The second-order valence-electron chi connectivity index (χ2n) is 58.3. The van der Waals surface area contributed by atoms with Gasteiger partial charge < -0.3 is 25.4 Å². The van der Waals surface area contributed by atoms with Crippen LogP contribution < -0.4 is 16.0 Å². The number of carbonyl (C=O) groups is 2. The van der Waals surface area contributed by atoms with Gasteiger partial charge in [-0.25, -0.2) is 0 Å². The van der Waals surface area contributed by atoms with Gasteiger partial charge >= 0.3 is 11.9 Å². The van der Waals surface area contributed by atoms with Gasteiger partial charge in [0.1, 0.15) is 12.2 Å². The van der Waals surface area contributed by atoms with Gasteiger partial charge in [-0.1, -0.05) is 187 Å². The standard InChI is InChI=1S/C23H41NO2.C22H39NO2.C22H41N.C22H29N.C21H39N.C21H27N/c1-16-7-9-17(10-8-16)18-11-13-19(14-12-18)26-21(25)20-15-22(2,3)24(6)23(20,4)5;1-15-6-8-16(9-7-15)17-10-12-18(13-11-17)25-20(24)19-14-21(2,3)23-22(19,4)5;2*1-16-7-9-17(10-8-16)18-11-13-19(14-12-18)20-15-21(2,3)23(6)22(20,4)5;2*1-15-6-8-16(9-7-15)17-10-12-18(13-11-17)19-14-20(2,3)22-21(19,4)5/h16-20H,7-15H2,1-6H3;15-19,23H,6-14H2,1-5H3;16-20H,7-15H2,1-6H3;7-14,20H,15H2,1-6H3;15-19,22H,6-14H2,1-5H3;6-13,19,22H,14H2,1-5H3. The third kappa shape index (κ3) is 28.5. The van der Waals surface area contributed by atoms with Crippen LogP contribution >= 0.6 is 0 Å². The third-order valence-electron chi connectivity index (χ3n) is 42.5. The van der Waals surface area contributed by atoms with Gasteiger partial charge in [0.15, 0.2) is 0 Å². The summed E-state index contributed by atoms with van der Waals surface area (Å²) in [5, 5.41) is 11.3. The fourth-order valence-corrected chi connectivity index (χ4v) is 32.7. The van der Waals surface area contributed by atoms with Crippen LogP contribution in [0.3, 0.4) is 0 Å². The molecule has 10 nitrogen and oxygen atoms in total. The Balaban J connectivity index is 0.000000142. The Kier molecular flexibility index (Phi) is 36.9. The summed E-state index contributed by atoms with van der Waals surface area (Å²) in [5.41, 5.74) is 12.7. The Morgan fingerprint density at radius 1 is 0.255 bits per heavy atom. The van der Waals surface area contributed by atoms with Crippen molar-refractivity contribution in [3.05, 3.63) is 119 Å². The maximum absolute atomic E-state index is 12.9. The highest BCUT2D eigenvalue weighted by molar-refractivity contribution is 5.76. The average molecular weight is 1940 g/mol. The SMILES string of the molecule is CC1CCC(C2CCC(C3CC(C)(C)N(C)C3(C)C)CC2)CC1.CC1CCC(C2CCC(C3CC(C)(C)NC3(C)C)CC2)CC1.CC1CCC(C2CCC(OC(=O)C3CC(C)(C)N(C)C3(C)C)CC2)CC1.CC1CCC(C2CCC(OC(=O)C3CC(C)(C)NC3(C)C)CC2)CC1.Cc1ccc(-c2ccc(C3CC(C)(C)N(C)C3(C)C)cc2)cc1.Cc1ccc(-c2ccc(C3CC(C)(C)NC3(C)C)cc2)cc1. The Bertz CT molecular complexity index is 4530. The van der Waals surface area contributed by atoms with Crippen LogP contribution in [-0.4, -0.2) is 126 Å². The van der Waals surface area contributed by atoms with Crippen LogP contribution in [0.25, 0.3) is 22.3 Å². The molecule has 3 N–H and O–H groups in total. The fraction of sp³-hybridized carbons (Fsp3) is 0.802. The summed E-state index contributed by atoms with van der Waals surface area (Å²) in [6.07, 6.45) is 52.2. The van der Waals surface area contributed by atoms with E-state index in [1.807, 2.05) is 0 Å². The van der Waals surface area contributed by atoms with Crippen molar-refractivity contribution in [2.24, 2.45) is 107 Å². The lowest BCUT2D eigenvalue weighted by atomic mass is 9.65. The molecule has 18 rings (SSSR count). The van der Waals surface area contributed by atoms with E-state index in [0.717, 1.165) is 133 Å². The highest BCUT2D eigenvalue weighted by Crippen LogP contribution is 2.57. The Labute approximate surface area is 867 Å². The zero-order chi connectivity index (χ0) is 103. The van der Waals surface area contributed by atoms with Crippen molar-refractivity contribution in [3.63, 3.8) is 0 Å². The number of esters is 2. The van der Waals surface area contributed by atoms with Crippen LogP contribution in [0.15, 0.2) is 97.1 Å². The lowest BCUT2D eigenvalue weighted by molar-refractivity contribution is -0.159. The smallest absolute Gasteiger partial charge is 0.311 e. The molecule has 6 atom stereocenters. The lowest BCUT2D eigenvalue weighted by Gasteiger charge is -2.43. The minimum absolute atomic E-state index is 0.0138. The van der Waals surface area contributed by atoms with Gasteiger partial charge in [0.25, 0.3) is 0 Å². The van der Waals surface area contributed by atoms with Crippen LogP contribution in [0.4, 0.5) is 0 Å². The fourth-order valence-electron chi connectivity index (χ4n) is 32.7. The number of aryl methyl sites for hydroxylation is 2. The summed E-state index contributed by atoms with van der Waals surface area (Å²) in [7, 11) is 6.76. The van der Waals surface area contributed by atoms with Gasteiger partial charge in [-0.05, 0) is 522 Å². The molecule has 0 aromatic heterocycles. The monoisotopic (exact) mass is 1940 g/mol. The van der Waals surface area contributed by atoms with Crippen LogP contribution in [0.5, 0.6) is 0 Å². The molecule has 4 aromatic carbocycles. The Morgan fingerprint density at radius 2 is 0.518 bits per heavy atom. The first-order valence-corrected chi connectivity index (χ1v) is 59.1. The number of likely N-dealkylation sites (tertiary alicyclic amines) is 3. The zero-order valence-corrected chi connectivity index (χ0v) is 97.3. The molecule has 6 unspecified atom stereocenters. The van der Waals surface area contributed by atoms with E-state index in [0.29, 0.717) is 34.0 Å². The zero-order valence-electron chi connectivity index (χ0n) is 97.3. The molecule has 6 aliphatic heterocycles. The van der Waals surface area contributed by atoms with E-state index in [-0.39, 0.29) is 80.3 Å². The van der Waals surface area contributed by atoms with E-state index >= 15 is 0 Å². The van der Waals surface area contributed by atoms with E-state index in [1.165, 1.54) is 250 Å². The highest BCUT2D eigenvalue weighted by Gasteiger charge is 2.57. The molecule has 6 heterocycles. The first-order valence-electron chi connectivity index (χ1n) is 59.1. The van der Waals surface area contributed by atoms with E-state index in [4.69, 9.17) is 9.47 Å². The molecular weight excluding hydrogens is 1720 g/mol. The first-order chi connectivity index (χ1) is 65.7. The van der Waals surface area contributed by atoms with Gasteiger partial charge in [0.2, 0.25) is 0 Å². The van der Waals surface area contributed by atoms with Crippen LogP contribution in [0, 0.1) is 120 Å². The molecule has 4 aromatic rings. The van der Waals surface area contributed by atoms with E-state index in [1.54, 1.807) is 0 Å². The minimum Gasteiger partial charge on any atom is -0.462 e. The number of hydrogen-bond acceptors (Lipinski definition) is 10. The van der Waals surface area contributed by atoms with Gasteiger partial charge in [-0.15, -0.1) is 0 Å². The predicted molar refractivity (Wildman–Crippen MR) is 601 cm³/mol. The van der Waals surface area contributed by atoms with Crippen molar-refractivity contribution < 1.29 is 19.1 Å². The third-order valence-corrected chi connectivity index (χ3v) is 42.5. The number of nitrogens with zero attached hydrogens (tertiary/aromatic N) is 3. The molecule has 6 saturated heterocycles. The largest absolute Gasteiger partial charge is 0.462 e. The number of hydrogen-bond donors (Lipinski definition) is 3. The number of rotatable bonds is 14. The second kappa shape index (κ2) is 45.8. The number of benzene rings is 4. The van der Waals surface area contributed by atoms with E-state index in [2.05, 4.69) is 357 Å². The van der Waals surface area contributed by atoms with Crippen LogP contribution in [0.1, 0.15) is 472 Å². The summed E-state index contributed by atoms with van der Waals surface area (Å²) in [6.45, 7) is 69.7. The summed E-state index contributed by atoms with van der Waals surface area (Å²) in [4.78, 5) is 33.3. The summed E-state index contributed by atoms with van der Waals surface area (Å²) in [5.74, 6) is 16.7. The predicted octanol–water partition coefficient (Wildman–Crippen LogP) is 33.4. The van der Waals surface area contributed by atoms with Gasteiger partial charge in [-0.2, -0.15) is 0 Å². The van der Waals surface area contributed by atoms with Crippen molar-refractivity contribution in [3.8, 4) is 22.3 Å². The van der Waals surface area contributed by atoms with Crippen molar-refractivity contribution in [2.45, 2.75) is 542 Å². The molecule has 794 valence electrons. The second-order valence-corrected chi connectivity index (χ2v) is 58.3. The Hall–Kier alpha value is -4.42. The van der Waals surface area contributed by atoms with Gasteiger partial charge in [0.05, 0.1) is 11.8 Å². The first kappa shape index (κ1) is 114.